The number of halogens is 2. The van der Waals surface area contributed by atoms with Gasteiger partial charge >= 0.3 is 0 Å². The SMILES string of the molecule is CC(C)C(C)c1ccnc(-c2cccc3c2oc2cc(-c4cc(F)cc(F)c4)ccc23)c1. The van der Waals surface area contributed by atoms with E-state index in [0.717, 1.165) is 33.7 Å². The number of benzene rings is 3. The number of hydrogen-bond acceptors (Lipinski definition) is 2. The van der Waals surface area contributed by atoms with E-state index in [9.17, 15) is 8.78 Å². The maximum atomic E-state index is 13.7. The van der Waals surface area contributed by atoms with E-state index in [1.54, 1.807) is 0 Å². The molecule has 2 nitrogen and oxygen atoms in total. The highest BCUT2D eigenvalue weighted by Crippen LogP contribution is 2.37. The second-order valence-electron chi connectivity index (χ2n) is 8.66. The summed E-state index contributed by atoms with van der Waals surface area (Å²) < 4.78 is 33.7. The lowest BCUT2D eigenvalue weighted by molar-refractivity contribution is 0.535. The van der Waals surface area contributed by atoms with Crippen LogP contribution >= 0.6 is 0 Å². The Balaban J connectivity index is 1.66. The number of fused-ring (bicyclic) bond motifs is 3. The molecule has 0 fully saturated rings. The molecule has 32 heavy (non-hydrogen) atoms. The number of para-hydroxylation sites is 1. The number of pyridine rings is 1. The van der Waals surface area contributed by atoms with Gasteiger partial charge in [-0.1, -0.05) is 39.0 Å². The van der Waals surface area contributed by atoms with Crippen LogP contribution in [0.1, 0.15) is 32.3 Å². The molecule has 2 heterocycles. The standard InChI is InChI=1S/C28H23F2NO/c1-16(2)17(3)18-9-10-31-26(13-18)25-6-4-5-24-23-8-7-19(14-27(23)32-28(24)25)20-11-21(29)15-22(30)12-20/h4-17H,1-3H3. The largest absolute Gasteiger partial charge is 0.455 e. The molecule has 0 N–H and O–H groups in total. The van der Waals surface area contributed by atoms with Gasteiger partial charge in [-0.25, -0.2) is 8.78 Å². The lowest BCUT2D eigenvalue weighted by Crippen LogP contribution is -2.02. The average molecular weight is 427 g/mol. The van der Waals surface area contributed by atoms with Crippen LogP contribution in [0.3, 0.4) is 0 Å². The van der Waals surface area contributed by atoms with Crippen molar-refractivity contribution in [1.82, 2.24) is 4.98 Å². The third-order valence-corrected chi connectivity index (χ3v) is 6.28. The van der Waals surface area contributed by atoms with Crippen LogP contribution < -0.4 is 0 Å². The van der Waals surface area contributed by atoms with Crippen LogP contribution in [0.25, 0.3) is 44.3 Å². The number of nitrogens with zero attached hydrogens (tertiary/aromatic N) is 1. The zero-order valence-corrected chi connectivity index (χ0v) is 18.2. The Morgan fingerprint density at radius 2 is 1.56 bits per heavy atom. The molecule has 5 aromatic rings. The summed E-state index contributed by atoms with van der Waals surface area (Å²) in [4.78, 5) is 4.61. The number of furan rings is 1. The van der Waals surface area contributed by atoms with E-state index in [4.69, 9.17) is 4.42 Å². The summed E-state index contributed by atoms with van der Waals surface area (Å²) in [6, 6.07) is 19.4. The van der Waals surface area contributed by atoms with Crippen molar-refractivity contribution in [2.45, 2.75) is 26.7 Å². The van der Waals surface area contributed by atoms with Crippen LogP contribution in [0.4, 0.5) is 8.78 Å². The highest BCUT2D eigenvalue weighted by Gasteiger charge is 2.16. The fraction of sp³-hybridized carbons (Fsp3) is 0.179. The van der Waals surface area contributed by atoms with E-state index in [2.05, 4.69) is 37.9 Å². The monoisotopic (exact) mass is 427 g/mol. The first-order chi connectivity index (χ1) is 15.4. The fourth-order valence-electron chi connectivity index (χ4n) is 4.16. The second-order valence-corrected chi connectivity index (χ2v) is 8.66. The van der Waals surface area contributed by atoms with Crippen molar-refractivity contribution >= 4 is 21.9 Å². The van der Waals surface area contributed by atoms with Crippen molar-refractivity contribution in [2.75, 3.05) is 0 Å². The van der Waals surface area contributed by atoms with Crippen LogP contribution in [-0.4, -0.2) is 4.98 Å². The van der Waals surface area contributed by atoms with Crippen molar-refractivity contribution in [3.05, 3.63) is 90.1 Å². The Hall–Kier alpha value is -3.53. The highest BCUT2D eigenvalue weighted by atomic mass is 19.1. The molecule has 1 unspecified atom stereocenters. The predicted molar refractivity (Wildman–Crippen MR) is 126 cm³/mol. The first kappa shape index (κ1) is 20.4. The van der Waals surface area contributed by atoms with Crippen LogP contribution in [0.5, 0.6) is 0 Å². The lowest BCUT2D eigenvalue weighted by Gasteiger charge is -2.16. The second kappa shape index (κ2) is 7.86. The molecular formula is C28H23F2NO. The molecule has 0 spiro atoms. The van der Waals surface area contributed by atoms with Crippen LogP contribution in [0.15, 0.2) is 77.3 Å². The van der Waals surface area contributed by atoms with Gasteiger partial charge < -0.3 is 4.42 Å². The molecule has 0 bridgehead atoms. The van der Waals surface area contributed by atoms with Gasteiger partial charge in [0.05, 0.1) is 5.69 Å². The summed E-state index contributed by atoms with van der Waals surface area (Å²) >= 11 is 0. The molecule has 4 heteroatoms. The van der Waals surface area contributed by atoms with Crippen molar-refractivity contribution in [3.8, 4) is 22.4 Å². The van der Waals surface area contributed by atoms with Crippen molar-refractivity contribution in [1.29, 1.82) is 0 Å². The summed E-state index contributed by atoms with van der Waals surface area (Å²) in [6.07, 6.45) is 1.85. The Morgan fingerprint density at radius 1 is 0.781 bits per heavy atom. The van der Waals surface area contributed by atoms with E-state index < -0.39 is 11.6 Å². The predicted octanol–water partition coefficient (Wildman–Crippen LogP) is 8.35. The van der Waals surface area contributed by atoms with Crippen molar-refractivity contribution in [2.24, 2.45) is 5.92 Å². The maximum Gasteiger partial charge on any atom is 0.144 e. The van der Waals surface area contributed by atoms with E-state index in [0.29, 0.717) is 28.5 Å². The first-order valence-electron chi connectivity index (χ1n) is 10.8. The molecular weight excluding hydrogens is 404 g/mol. The highest BCUT2D eigenvalue weighted by molar-refractivity contribution is 6.10. The summed E-state index contributed by atoms with van der Waals surface area (Å²) in [6.45, 7) is 6.65. The third-order valence-electron chi connectivity index (χ3n) is 6.28. The quantitative estimate of drug-likeness (QED) is 0.288. The van der Waals surface area contributed by atoms with Gasteiger partial charge in [-0.2, -0.15) is 0 Å². The third kappa shape index (κ3) is 3.56. The topological polar surface area (TPSA) is 26.0 Å². The van der Waals surface area contributed by atoms with Gasteiger partial charge in [0.2, 0.25) is 0 Å². The molecule has 5 rings (SSSR count). The summed E-state index contributed by atoms with van der Waals surface area (Å²) in [7, 11) is 0. The number of aromatic nitrogens is 1. The Labute approximate surface area is 185 Å². The van der Waals surface area contributed by atoms with Crippen LogP contribution in [-0.2, 0) is 0 Å². The molecule has 2 aromatic heterocycles. The first-order valence-corrected chi connectivity index (χ1v) is 10.8. The van der Waals surface area contributed by atoms with Gasteiger partial charge in [0, 0.05) is 28.6 Å². The molecule has 0 amide bonds. The number of hydrogen-bond donors (Lipinski definition) is 0. The summed E-state index contributed by atoms with van der Waals surface area (Å²) in [5.74, 6) is -0.263. The van der Waals surface area contributed by atoms with Crippen LogP contribution in [0.2, 0.25) is 0 Å². The molecule has 0 saturated heterocycles. The number of rotatable bonds is 4. The van der Waals surface area contributed by atoms with Crippen LogP contribution in [0, 0.1) is 17.6 Å². The van der Waals surface area contributed by atoms with E-state index in [-0.39, 0.29) is 0 Å². The summed E-state index contributed by atoms with van der Waals surface area (Å²) in [5, 5.41) is 1.94. The van der Waals surface area contributed by atoms with Gasteiger partial charge in [-0.3, -0.25) is 4.98 Å². The minimum atomic E-state index is -0.603. The van der Waals surface area contributed by atoms with E-state index in [1.807, 2.05) is 42.6 Å². The summed E-state index contributed by atoms with van der Waals surface area (Å²) in [5.41, 5.74) is 5.63. The minimum absolute atomic E-state index is 0.417. The van der Waals surface area contributed by atoms with E-state index in [1.165, 1.54) is 17.7 Å². The lowest BCUT2D eigenvalue weighted by atomic mass is 9.90. The Morgan fingerprint density at radius 3 is 2.31 bits per heavy atom. The molecule has 1 atom stereocenters. The van der Waals surface area contributed by atoms with Gasteiger partial charge in [0.1, 0.15) is 22.8 Å². The average Bonchev–Trinajstić information content (AvgIpc) is 3.16. The van der Waals surface area contributed by atoms with E-state index >= 15 is 0 Å². The molecule has 0 radical (unpaired) electrons. The zero-order chi connectivity index (χ0) is 22.4. The maximum absolute atomic E-state index is 13.7. The molecule has 0 saturated carbocycles. The Bertz CT molecular complexity index is 1430. The molecule has 0 aliphatic rings. The van der Waals surface area contributed by atoms with Gasteiger partial charge in [0.25, 0.3) is 0 Å². The molecule has 0 aliphatic carbocycles. The smallest absolute Gasteiger partial charge is 0.144 e. The molecule has 3 aromatic carbocycles. The van der Waals surface area contributed by atoms with Gasteiger partial charge in [-0.15, -0.1) is 0 Å². The minimum Gasteiger partial charge on any atom is -0.455 e. The molecule has 160 valence electrons. The Kier molecular flexibility index (Phi) is 5.01. The zero-order valence-electron chi connectivity index (χ0n) is 18.2. The normalized spacial score (nSPS) is 12.7. The fourth-order valence-corrected chi connectivity index (χ4v) is 4.16. The van der Waals surface area contributed by atoms with Crippen molar-refractivity contribution in [3.63, 3.8) is 0 Å². The van der Waals surface area contributed by atoms with Gasteiger partial charge in [-0.05, 0) is 71.0 Å². The molecule has 0 aliphatic heterocycles. The van der Waals surface area contributed by atoms with Gasteiger partial charge in [0.15, 0.2) is 0 Å². The van der Waals surface area contributed by atoms with Crippen molar-refractivity contribution < 1.29 is 13.2 Å².